The van der Waals surface area contributed by atoms with Crippen LogP contribution in [0.15, 0.2) is 46.5 Å². The van der Waals surface area contributed by atoms with Crippen LogP contribution >= 0.6 is 11.8 Å². The maximum atomic E-state index is 13.1. The lowest BCUT2D eigenvalue weighted by molar-refractivity contribution is 0.0707. The zero-order chi connectivity index (χ0) is 20.3. The highest BCUT2D eigenvalue weighted by molar-refractivity contribution is 7.99. The number of piperidine rings is 1. The van der Waals surface area contributed by atoms with Crippen molar-refractivity contribution in [2.75, 3.05) is 19.3 Å². The molecule has 2 heterocycles. The number of sulfonamides is 1. The van der Waals surface area contributed by atoms with E-state index in [0.29, 0.717) is 36.5 Å². The molecular weight excluding hydrogens is 394 g/mol. The van der Waals surface area contributed by atoms with Gasteiger partial charge in [0.05, 0.1) is 11.8 Å². The Hall–Kier alpha value is -1.90. The van der Waals surface area contributed by atoms with Crippen molar-refractivity contribution in [1.29, 1.82) is 0 Å². The van der Waals surface area contributed by atoms with Crippen LogP contribution in [0.3, 0.4) is 0 Å². The van der Waals surface area contributed by atoms with E-state index in [1.54, 1.807) is 23.2 Å². The largest absolute Gasteiger partial charge is 0.338 e. The summed E-state index contributed by atoms with van der Waals surface area (Å²) in [4.78, 5) is 20.3. The van der Waals surface area contributed by atoms with Crippen molar-refractivity contribution in [2.45, 2.75) is 42.7 Å². The van der Waals surface area contributed by atoms with E-state index in [4.69, 9.17) is 0 Å². The summed E-state index contributed by atoms with van der Waals surface area (Å²) in [5.74, 6) is -0.0581. The van der Waals surface area contributed by atoms with Gasteiger partial charge in [0.2, 0.25) is 10.0 Å². The zero-order valence-electron chi connectivity index (χ0n) is 16.3. The van der Waals surface area contributed by atoms with E-state index in [2.05, 4.69) is 35.7 Å². The van der Waals surface area contributed by atoms with Gasteiger partial charge in [-0.15, -0.1) is 0 Å². The maximum Gasteiger partial charge on any atom is 0.256 e. The summed E-state index contributed by atoms with van der Waals surface area (Å²) in [6, 6.07) is 9.68. The number of carbonyl (C=O) groups is 1. The van der Waals surface area contributed by atoms with Gasteiger partial charge in [0.15, 0.2) is 0 Å². The molecule has 0 aliphatic carbocycles. The number of rotatable bonds is 5. The third kappa shape index (κ3) is 5.33. The van der Waals surface area contributed by atoms with Crippen LogP contribution in [0.2, 0.25) is 0 Å². The van der Waals surface area contributed by atoms with Crippen molar-refractivity contribution in [2.24, 2.45) is 0 Å². The molecule has 1 amide bonds. The lowest BCUT2D eigenvalue weighted by Gasteiger charge is -2.32. The van der Waals surface area contributed by atoms with Crippen LogP contribution < -0.4 is 4.72 Å². The molecule has 1 aliphatic rings. The van der Waals surface area contributed by atoms with Crippen LogP contribution in [0.1, 0.15) is 34.3 Å². The molecule has 3 rings (SSSR count). The molecule has 0 radical (unpaired) electrons. The Bertz CT molecular complexity index is 968. The second-order valence-electron chi connectivity index (χ2n) is 7.16. The first kappa shape index (κ1) is 20.8. The molecule has 28 heavy (non-hydrogen) atoms. The van der Waals surface area contributed by atoms with Gasteiger partial charge < -0.3 is 4.90 Å². The Labute approximate surface area is 170 Å². The van der Waals surface area contributed by atoms with Gasteiger partial charge in [-0.25, -0.2) is 18.1 Å². The van der Waals surface area contributed by atoms with Crippen LogP contribution in [0.4, 0.5) is 0 Å². The van der Waals surface area contributed by atoms with Crippen LogP contribution in [-0.2, 0) is 10.0 Å². The molecular formula is C20H25N3O3S2. The third-order valence-electron chi connectivity index (χ3n) is 4.86. The van der Waals surface area contributed by atoms with E-state index >= 15 is 0 Å². The minimum absolute atomic E-state index is 0.0581. The minimum Gasteiger partial charge on any atom is -0.338 e. The molecule has 0 atom stereocenters. The van der Waals surface area contributed by atoms with Crippen LogP contribution in [0.5, 0.6) is 0 Å². The number of aromatic nitrogens is 1. The SMILES string of the molecule is Cc1ccc(Sc2ncccc2C(=O)N2CCC(NS(C)(=O)=O)CC2)cc1C. The number of amides is 1. The number of carbonyl (C=O) groups excluding carboxylic acids is 1. The highest BCUT2D eigenvalue weighted by Gasteiger charge is 2.26. The number of nitrogens with one attached hydrogen (secondary N) is 1. The molecule has 1 aromatic carbocycles. The Balaban J connectivity index is 1.72. The second-order valence-corrected chi connectivity index (χ2v) is 10.0. The third-order valence-corrected chi connectivity index (χ3v) is 6.63. The van der Waals surface area contributed by atoms with E-state index in [1.807, 2.05) is 6.07 Å². The summed E-state index contributed by atoms with van der Waals surface area (Å²) in [7, 11) is -3.23. The van der Waals surface area contributed by atoms with Gasteiger partial charge >= 0.3 is 0 Å². The number of benzene rings is 1. The van der Waals surface area contributed by atoms with E-state index in [-0.39, 0.29) is 11.9 Å². The van der Waals surface area contributed by atoms with Crippen molar-refractivity contribution >= 4 is 27.7 Å². The summed E-state index contributed by atoms with van der Waals surface area (Å²) < 4.78 is 25.4. The lowest BCUT2D eigenvalue weighted by atomic mass is 10.1. The summed E-state index contributed by atoms with van der Waals surface area (Å²) in [5.41, 5.74) is 3.02. The maximum absolute atomic E-state index is 13.1. The lowest BCUT2D eigenvalue weighted by Crippen LogP contribution is -2.46. The molecule has 1 aromatic heterocycles. The van der Waals surface area contributed by atoms with Gasteiger partial charge in [0.25, 0.3) is 5.91 Å². The minimum atomic E-state index is -3.23. The van der Waals surface area contributed by atoms with Gasteiger partial charge in [0, 0.05) is 30.2 Å². The van der Waals surface area contributed by atoms with Gasteiger partial charge in [-0.2, -0.15) is 0 Å². The van der Waals surface area contributed by atoms with Gasteiger partial charge in [0.1, 0.15) is 5.03 Å². The molecule has 1 fully saturated rings. The van der Waals surface area contributed by atoms with Crippen LogP contribution in [0, 0.1) is 13.8 Å². The van der Waals surface area contributed by atoms with Crippen LogP contribution in [0.25, 0.3) is 0 Å². The summed E-state index contributed by atoms with van der Waals surface area (Å²) >= 11 is 1.49. The van der Waals surface area contributed by atoms with E-state index in [1.165, 1.54) is 22.9 Å². The average Bonchev–Trinajstić information content (AvgIpc) is 2.64. The Morgan fingerprint density at radius 1 is 1.18 bits per heavy atom. The highest BCUT2D eigenvalue weighted by atomic mass is 32.2. The standard InChI is InChI=1S/C20H25N3O3S2/c1-14-6-7-17(13-15(14)2)27-19-18(5-4-10-21-19)20(24)23-11-8-16(9-12-23)22-28(3,25)26/h4-7,10,13,16,22H,8-9,11-12H2,1-3H3. The van der Waals surface area contributed by atoms with Gasteiger partial charge in [-0.1, -0.05) is 17.8 Å². The fourth-order valence-electron chi connectivity index (χ4n) is 3.20. The molecule has 1 saturated heterocycles. The highest BCUT2D eigenvalue weighted by Crippen LogP contribution is 2.31. The molecule has 8 heteroatoms. The normalized spacial score (nSPS) is 15.6. The quantitative estimate of drug-likeness (QED) is 0.806. The number of hydrogen-bond donors (Lipinski definition) is 1. The first-order valence-corrected chi connectivity index (χ1v) is 11.9. The summed E-state index contributed by atoms with van der Waals surface area (Å²) in [6.45, 7) is 5.18. The monoisotopic (exact) mass is 419 g/mol. The number of pyridine rings is 1. The smallest absolute Gasteiger partial charge is 0.256 e. The fraction of sp³-hybridized carbons (Fsp3) is 0.400. The number of likely N-dealkylation sites (tertiary alicyclic amines) is 1. The summed E-state index contributed by atoms with van der Waals surface area (Å²) in [5, 5.41) is 0.687. The van der Waals surface area contributed by atoms with E-state index in [0.717, 1.165) is 11.2 Å². The van der Waals surface area contributed by atoms with E-state index in [9.17, 15) is 13.2 Å². The molecule has 0 spiro atoms. The van der Waals surface area contributed by atoms with Crippen molar-refractivity contribution in [3.63, 3.8) is 0 Å². The second kappa shape index (κ2) is 8.63. The summed E-state index contributed by atoms with van der Waals surface area (Å²) in [6.07, 6.45) is 4.08. The molecule has 1 N–H and O–H groups in total. The van der Waals surface area contributed by atoms with E-state index < -0.39 is 10.0 Å². The Kier molecular flexibility index (Phi) is 6.42. The molecule has 1 aliphatic heterocycles. The molecule has 0 bridgehead atoms. The number of nitrogens with zero attached hydrogens (tertiary/aromatic N) is 2. The first-order valence-electron chi connectivity index (χ1n) is 9.19. The zero-order valence-corrected chi connectivity index (χ0v) is 17.9. The van der Waals surface area contributed by atoms with Gasteiger partial charge in [-0.3, -0.25) is 4.79 Å². The molecule has 6 nitrogen and oxygen atoms in total. The average molecular weight is 420 g/mol. The predicted molar refractivity (Wildman–Crippen MR) is 111 cm³/mol. The van der Waals surface area contributed by atoms with Crippen molar-refractivity contribution < 1.29 is 13.2 Å². The number of hydrogen-bond acceptors (Lipinski definition) is 5. The number of aryl methyl sites for hydroxylation is 2. The molecule has 2 aromatic rings. The molecule has 150 valence electrons. The molecule has 0 saturated carbocycles. The van der Waals surface area contributed by atoms with Crippen molar-refractivity contribution in [3.8, 4) is 0 Å². The Morgan fingerprint density at radius 2 is 1.89 bits per heavy atom. The molecule has 0 unspecified atom stereocenters. The first-order chi connectivity index (χ1) is 13.2. The van der Waals surface area contributed by atoms with Crippen molar-refractivity contribution in [3.05, 3.63) is 53.2 Å². The Morgan fingerprint density at radius 3 is 2.54 bits per heavy atom. The van der Waals surface area contributed by atoms with Crippen LogP contribution in [-0.4, -0.2) is 49.6 Å². The van der Waals surface area contributed by atoms with Crippen molar-refractivity contribution in [1.82, 2.24) is 14.6 Å². The van der Waals surface area contributed by atoms with Gasteiger partial charge in [-0.05, 0) is 62.1 Å². The topological polar surface area (TPSA) is 79.4 Å². The predicted octanol–water partition coefficient (Wildman–Crippen LogP) is 3.00. The fourth-order valence-corrected chi connectivity index (χ4v) is 5.01.